The van der Waals surface area contributed by atoms with Crippen LogP contribution in [-0.4, -0.2) is 22.2 Å². The van der Waals surface area contributed by atoms with Gasteiger partial charge in [0.25, 0.3) is 0 Å². The van der Waals surface area contributed by atoms with E-state index in [0.717, 1.165) is 18.6 Å². The predicted molar refractivity (Wildman–Crippen MR) is 64.2 cm³/mol. The summed E-state index contributed by atoms with van der Waals surface area (Å²) in [7, 11) is 0. The van der Waals surface area contributed by atoms with Gasteiger partial charge in [0.1, 0.15) is 0 Å². The van der Waals surface area contributed by atoms with E-state index in [9.17, 15) is 18.0 Å². The third kappa shape index (κ3) is 2.85. The van der Waals surface area contributed by atoms with E-state index in [-0.39, 0.29) is 10.7 Å². The molecule has 2 rings (SSSR count). The van der Waals surface area contributed by atoms with E-state index in [1.54, 1.807) is 4.90 Å². The lowest BCUT2D eigenvalue weighted by Gasteiger charge is -2.16. The Morgan fingerprint density at radius 3 is 2.33 bits per heavy atom. The van der Waals surface area contributed by atoms with Gasteiger partial charge >= 0.3 is 6.18 Å². The number of hydrogen-bond donors (Lipinski definition) is 0. The number of alkyl halides is 4. The molecular weight excluding hydrogens is 311 g/mol. The normalized spacial score (nSPS) is 20.6. The molecule has 0 aliphatic carbocycles. The maximum Gasteiger partial charge on any atom is 0.416 e. The molecule has 2 nitrogen and oxygen atoms in total. The number of likely N-dealkylation sites (tertiary alicyclic amines) is 1. The monoisotopic (exact) mass is 321 g/mol. The van der Waals surface area contributed by atoms with E-state index >= 15 is 0 Å². The van der Waals surface area contributed by atoms with E-state index in [1.807, 2.05) is 0 Å². The summed E-state index contributed by atoms with van der Waals surface area (Å²) in [6.07, 6.45) is -3.58. The molecular formula is C12H11BrF3NO. The first-order chi connectivity index (χ1) is 8.38. The molecule has 1 atom stereocenters. The van der Waals surface area contributed by atoms with E-state index in [1.165, 1.54) is 12.1 Å². The van der Waals surface area contributed by atoms with Gasteiger partial charge in [0.05, 0.1) is 10.4 Å². The Hall–Kier alpha value is -1.04. The van der Waals surface area contributed by atoms with Gasteiger partial charge in [-0.2, -0.15) is 13.2 Å². The number of hydrogen-bond acceptors (Lipinski definition) is 1. The SMILES string of the molecule is O=C1[C@@H](Br)CCN1Cc1ccc(C(F)(F)F)cc1. The lowest BCUT2D eigenvalue weighted by molar-refractivity contribution is -0.137. The van der Waals surface area contributed by atoms with Crippen molar-refractivity contribution in [3.8, 4) is 0 Å². The summed E-state index contributed by atoms with van der Waals surface area (Å²) in [6, 6.07) is 4.91. The number of benzene rings is 1. The molecule has 18 heavy (non-hydrogen) atoms. The highest BCUT2D eigenvalue weighted by Crippen LogP contribution is 2.29. The van der Waals surface area contributed by atoms with Crippen molar-refractivity contribution in [2.75, 3.05) is 6.54 Å². The van der Waals surface area contributed by atoms with Gasteiger partial charge in [-0.25, -0.2) is 0 Å². The van der Waals surface area contributed by atoms with Crippen LogP contribution in [0.2, 0.25) is 0 Å². The van der Waals surface area contributed by atoms with Crippen LogP contribution in [-0.2, 0) is 17.5 Å². The third-order valence-corrected chi connectivity index (χ3v) is 3.74. The smallest absolute Gasteiger partial charge is 0.337 e. The van der Waals surface area contributed by atoms with E-state index in [0.29, 0.717) is 18.7 Å². The molecule has 1 aliphatic heterocycles. The second-order valence-corrected chi connectivity index (χ2v) is 5.32. The van der Waals surface area contributed by atoms with Crippen molar-refractivity contribution in [1.29, 1.82) is 0 Å². The number of nitrogens with zero attached hydrogens (tertiary/aromatic N) is 1. The van der Waals surface area contributed by atoms with Gasteiger partial charge in [-0.3, -0.25) is 4.79 Å². The molecule has 1 saturated heterocycles. The topological polar surface area (TPSA) is 20.3 Å². The van der Waals surface area contributed by atoms with Crippen LogP contribution < -0.4 is 0 Å². The first-order valence-corrected chi connectivity index (χ1v) is 6.38. The minimum Gasteiger partial charge on any atom is -0.337 e. The number of halogens is 4. The molecule has 1 heterocycles. The molecule has 6 heteroatoms. The average molecular weight is 322 g/mol. The van der Waals surface area contributed by atoms with E-state index < -0.39 is 11.7 Å². The van der Waals surface area contributed by atoms with Crippen LogP contribution in [0.3, 0.4) is 0 Å². The third-order valence-electron chi connectivity index (χ3n) is 2.89. The number of amides is 1. The largest absolute Gasteiger partial charge is 0.416 e. The number of rotatable bonds is 2. The molecule has 1 amide bonds. The zero-order valence-electron chi connectivity index (χ0n) is 9.38. The minimum absolute atomic E-state index is 0.00472. The quantitative estimate of drug-likeness (QED) is 0.766. The standard InChI is InChI=1S/C12H11BrF3NO/c13-10-5-6-17(11(10)18)7-8-1-3-9(4-2-8)12(14,15)16/h1-4,10H,5-7H2/t10-/m0/s1. The summed E-state index contributed by atoms with van der Waals surface area (Å²) in [4.78, 5) is 13.1. The van der Waals surface area contributed by atoms with E-state index in [2.05, 4.69) is 15.9 Å². The molecule has 1 fully saturated rings. The van der Waals surface area contributed by atoms with Gasteiger partial charge in [0.2, 0.25) is 5.91 Å². The summed E-state index contributed by atoms with van der Waals surface area (Å²) < 4.78 is 37.1. The van der Waals surface area contributed by atoms with Gasteiger partial charge in [-0.15, -0.1) is 0 Å². The summed E-state index contributed by atoms with van der Waals surface area (Å²) in [5.74, 6) is -0.00472. The lowest BCUT2D eigenvalue weighted by Crippen LogP contribution is -2.26. The molecule has 0 unspecified atom stereocenters. The first-order valence-electron chi connectivity index (χ1n) is 5.47. The van der Waals surface area contributed by atoms with Gasteiger partial charge in [-0.05, 0) is 24.1 Å². The Labute approximate surface area is 111 Å². The van der Waals surface area contributed by atoms with Crippen molar-refractivity contribution in [3.63, 3.8) is 0 Å². The van der Waals surface area contributed by atoms with Crippen molar-refractivity contribution in [3.05, 3.63) is 35.4 Å². The average Bonchev–Trinajstić information content (AvgIpc) is 2.61. The van der Waals surface area contributed by atoms with Gasteiger partial charge < -0.3 is 4.90 Å². The molecule has 0 radical (unpaired) electrons. The van der Waals surface area contributed by atoms with Crippen molar-refractivity contribution in [2.45, 2.75) is 24.0 Å². The minimum atomic E-state index is -4.32. The van der Waals surface area contributed by atoms with Crippen LogP contribution in [0.5, 0.6) is 0 Å². The van der Waals surface area contributed by atoms with Crippen LogP contribution in [0.1, 0.15) is 17.5 Å². The molecule has 0 saturated carbocycles. The summed E-state index contributed by atoms with van der Waals surface area (Å²) in [5.41, 5.74) is 0.0373. The molecule has 1 aromatic carbocycles. The van der Waals surface area contributed by atoms with Crippen LogP contribution in [0.4, 0.5) is 13.2 Å². The van der Waals surface area contributed by atoms with Crippen LogP contribution in [0.15, 0.2) is 24.3 Å². The van der Waals surface area contributed by atoms with Crippen molar-refractivity contribution < 1.29 is 18.0 Å². The van der Waals surface area contributed by atoms with Crippen molar-refractivity contribution >= 4 is 21.8 Å². The summed E-state index contributed by atoms with van der Waals surface area (Å²) in [5, 5.41) is 0. The first kappa shape index (κ1) is 13.4. The Kier molecular flexibility index (Phi) is 3.66. The molecule has 1 aromatic rings. The highest BCUT2D eigenvalue weighted by Gasteiger charge is 2.31. The predicted octanol–water partition coefficient (Wildman–Crippen LogP) is 3.20. The highest BCUT2D eigenvalue weighted by molar-refractivity contribution is 9.10. The molecule has 0 spiro atoms. The Balaban J connectivity index is 2.05. The number of carbonyl (C=O) groups is 1. The maximum atomic E-state index is 12.4. The van der Waals surface area contributed by atoms with Crippen molar-refractivity contribution in [2.24, 2.45) is 0 Å². The van der Waals surface area contributed by atoms with Gasteiger partial charge in [-0.1, -0.05) is 28.1 Å². The van der Waals surface area contributed by atoms with Crippen molar-refractivity contribution in [1.82, 2.24) is 4.90 Å². The Morgan fingerprint density at radius 2 is 1.89 bits per heavy atom. The summed E-state index contributed by atoms with van der Waals surface area (Å²) >= 11 is 3.26. The lowest BCUT2D eigenvalue weighted by atomic mass is 10.1. The fourth-order valence-electron chi connectivity index (χ4n) is 1.88. The zero-order chi connectivity index (χ0) is 13.3. The van der Waals surface area contributed by atoms with Crippen LogP contribution in [0.25, 0.3) is 0 Å². The van der Waals surface area contributed by atoms with Gasteiger partial charge in [0, 0.05) is 13.1 Å². The Morgan fingerprint density at radius 1 is 1.28 bits per heavy atom. The van der Waals surface area contributed by atoms with Crippen LogP contribution >= 0.6 is 15.9 Å². The highest BCUT2D eigenvalue weighted by atomic mass is 79.9. The molecule has 98 valence electrons. The van der Waals surface area contributed by atoms with Crippen LogP contribution in [0, 0.1) is 0 Å². The summed E-state index contributed by atoms with van der Waals surface area (Å²) in [6.45, 7) is 0.995. The van der Waals surface area contributed by atoms with E-state index in [4.69, 9.17) is 0 Å². The molecule has 0 bridgehead atoms. The fraction of sp³-hybridized carbons (Fsp3) is 0.417. The zero-order valence-corrected chi connectivity index (χ0v) is 11.0. The molecule has 0 N–H and O–H groups in total. The number of carbonyl (C=O) groups excluding carboxylic acids is 1. The fourth-order valence-corrected chi connectivity index (χ4v) is 2.37. The molecule has 1 aliphatic rings. The molecule has 0 aromatic heterocycles. The van der Waals surface area contributed by atoms with Gasteiger partial charge in [0.15, 0.2) is 0 Å². The second-order valence-electron chi connectivity index (χ2n) is 4.21. The maximum absolute atomic E-state index is 12.4. The second kappa shape index (κ2) is 4.91. The Bertz CT molecular complexity index is 444.